The summed E-state index contributed by atoms with van der Waals surface area (Å²) in [6.45, 7) is 1.76. The molecule has 0 saturated carbocycles. The lowest BCUT2D eigenvalue weighted by atomic mass is 9.87. The van der Waals surface area contributed by atoms with Crippen LogP contribution in [0.25, 0.3) is 0 Å². The number of nitrogens with one attached hydrogen (secondary N) is 1. The summed E-state index contributed by atoms with van der Waals surface area (Å²) in [7, 11) is 1.35. The molecule has 0 saturated heterocycles. The molecule has 2 rings (SSSR count). The Kier molecular flexibility index (Phi) is 8.84. The summed E-state index contributed by atoms with van der Waals surface area (Å²) < 4.78 is 10.3. The SMILES string of the molecule is CCOC(=O)C[C@@H](c1ccc([N+](=O)[O-])cc1)[C@@H](NC(=O)[C@H](OC)c1ccccc1)C(N)=O. The number of esters is 1. The molecule has 0 aliphatic carbocycles. The summed E-state index contributed by atoms with van der Waals surface area (Å²) in [5, 5.41) is 13.5. The highest BCUT2D eigenvalue weighted by molar-refractivity contribution is 5.90. The fourth-order valence-electron chi connectivity index (χ4n) is 3.29. The van der Waals surface area contributed by atoms with Crippen LogP contribution in [0, 0.1) is 10.1 Å². The Balaban J connectivity index is 2.37. The van der Waals surface area contributed by atoms with Crippen LogP contribution < -0.4 is 11.1 Å². The van der Waals surface area contributed by atoms with E-state index in [4.69, 9.17) is 15.2 Å². The molecule has 32 heavy (non-hydrogen) atoms. The number of benzene rings is 2. The van der Waals surface area contributed by atoms with Crippen molar-refractivity contribution >= 4 is 23.5 Å². The van der Waals surface area contributed by atoms with Crippen molar-refractivity contribution in [3.8, 4) is 0 Å². The van der Waals surface area contributed by atoms with Crippen LogP contribution in [0.2, 0.25) is 0 Å². The number of hydrogen-bond acceptors (Lipinski definition) is 7. The van der Waals surface area contributed by atoms with E-state index < -0.39 is 40.8 Å². The van der Waals surface area contributed by atoms with Crippen LogP contribution >= 0.6 is 0 Å². The van der Waals surface area contributed by atoms with E-state index in [-0.39, 0.29) is 18.7 Å². The quantitative estimate of drug-likeness (QED) is 0.306. The first kappa shape index (κ1) is 24.5. The molecule has 2 amide bonds. The zero-order valence-corrected chi connectivity index (χ0v) is 17.7. The molecule has 0 aromatic heterocycles. The minimum absolute atomic E-state index is 0.124. The highest BCUT2D eigenvalue weighted by Crippen LogP contribution is 2.27. The molecule has 0 aliphatic heterocycles. The number of hydrogen-bond donors (Lipinski definition) is 2. The van der Waals surface area contributed by atoms with Crippen molar-refractivity contribution in [2.45, 2.75) is 31.4 Å². The van der Waals surface area contributed by atoms with Crippen molar-refractivity contribution in [3.05, 3.63) is 75.8 Å². The summed E-state index contributed by atoms with van der Waals surface area (Å²) in [4.78, 5) is 47.8. The van der Waals surface area contributed by atoms with Gasteiger partial charge in [-0.1, -0.05) is 42.5 Å². The minimum Gasteiger partial charge on any atom is -0.466 e. The zero-order chi connectivity index (χ0) is 23.7. The molecule has 0 unspecified atom stereocenters. The van der Waals surface area contributed by atoms with Gasteiger partial charge in [-0.3, -0.25) is 24.5 Å². The number of nitrogens with zero attached hydrogens (tertiary/aromatic N) is 1. The molecule has 10 heteroatoms. The van der Waals surface area contributed by atoms with E-state index in [1.54, 1.807) is 37.3 Å². The molecule has 3 N–H and O–H groups in total. The predicted octanol–water partition coefficient (Wildman–Crippen LogP) is 1.99. The number of non-ortho nitro benzene ring substituents is 1. The lowest BCUT2D eigenvalue weighted by molar-refractivity contribution is -0.384. The Morgan fingerprint density at radius 2 is 1.69 bits per heavy atom. The van der Waals surface area contributed by atoms with Crippen molar-refractivity contribution < 1.29 is 28.8 Å². The van der Waals surface area contributed by atoms with Crippen molar-refractivity contribution in [3.63, 3.8) is 0 Å². The Hall–Kier alpha value is -3.79. The van der Waals surface area contributed by atoms with E-state index in [0.717, 1.165) is 0 Å². The van der Waals surface area contributed by atoms with Gasteiger partial charge in [-0.25, -0.2) is 0 Å². The van der Waals surface area contributed by atoms with Gasteiger partial charge in [-0.05, 0) is 18.1 Å². The van der Waals surface area contributed by atoms with Crippen LogP contribution in [0.1, 0.15) is 36.5 Å². The van der Waals surface area contributed by atoms with Gasteiger partial charge in [0.15, 0.2) is 6.10 Å². The second-order valence-electron chi connectivity index (χ2n) is 6.88. The number of carbonyl (C=O) groups excluding carboxylic acids is 3. The highest BCUT2D eigenvalue weighted by atomic mass is 16.6. The number of ether oxygens (including phenoxy) is 2. The van der Waals surface area contributed by atoms with Crippen LogP contribution in [0.5, 0.6) is 0 Å². The Morgan fingerprint density at radius 3 is 2.19 bits per heavy atom. The molecule has 0 heterocycles. The van der Waals surface area contributed by atoms with E-state index in [0.29, 0.717) is 11.1 Å². The maximum atomic E-state index is 12.9. The van der Waals surface area contributed by atoms with Crippen LogP contribution in [0.15, 0.2) is 54.6 Å². The van der Waals surface area contributed by atoms with Gasteiger partial charge in [-0.15, -0.1) is 0 Å². The molecule has 2 aromatic carbocycles. The average Bonchev–Trinajstić information content (AvgIpc) is 2.77. The van der Waals surface area contributed by atoms with Gasteiger partial charge in [0.2, 0.25) is 5.91 Å². The third-order valence-electron chi connectivity index (χ3n) is 4.81. The largest absolute Gasteiger partial charge is 0.466 e. The average molecular weight is 443 g/mol. The van der Waals surface area contributed by atoms with Gasteiger partial charge in [0.25, 0.3) is 11.6 Å². The Bertz CT molecular complexity index is 948. The standard InChI is InChI=1S/C22H25N3O7/c1-3-32-18(26)13-17(14-9-11-16(12-10-14)25(29)30)19(21(23)27)24-22(28)20(31-2)15-7-5-4-6-8-15/h4-12,17,19-20H,3,13H2,1-2H3,(H2,23,27)(H,24,28)/t17-,19+,20+/m0/s1. The van der Waals surface area contributed by atoms with Crippen LogP contribution in [0.4, 0.5) is 5.69 Å². The molecule has 0 spiro atoms. The normalized spacial score (nSPS) is 13.4. The van der Waals surface area contributed by atoms with Gasteiger partial charge in [0.1, 0.15) is 6.04 Å². The summed E-state index contributed by atoms with van der Waals surface area (Å²) in [5.41, 5.74) is 6.38. The number of amides is 2. The van der Waals surface area contributed by atoms with Crippen molar-refractivity contribution in [1.29, 1.82) is 0 Å². The Morgan fingerprint density at radius 1 is 1.06 bits per heavy atom. The number of nitro benzene ring substituents is 1. The van der Waals surface area contributed by atoms with Gasteiger partial charge in [-0.2, -0.15) is 0 Å². The molecule has 0 bridgehead atoms. The molecule has 0 fully saturated rings. The summed E-state index contributed by atoms with van der Waals surface area (Å²) in [5.74, 6) is -3.03. The zero-order valence-electron chi connectivity index (χ0n) is 17.7. The van der Waals surface area contributed by atoms with Gasteiger partial charge in [0.05, 0.1) is 18.0 Å². The van der Waals surface area contributed by atoms with Crippen LogP contribution in [-0.4, -0.2) is 42.5 Å². The molecule has 0 radical (unpaired) electrons. The number of primary amides is 1. The van der Waals surface area contributed by atoms with E-state index in [9.17, 15) is 24.5 Å². The van der Waals surface area contributed by atoms with Crippen molar-refractivity contribution in [2.75, 3.05) is 13.7 Å². The maximum Gasteiger partial charge on any atom is 0.306 e. The fraction of sp³-hybridized carbons (Fsp3) is 0.318. The first-order valence-corrected chi connectivity index (χ1v) is 9.85. The Labute approximate surface area is 184 Å². The third-order valence-corrected chi connectivity index (χ3v) is 4.81. The lowest BCUT2D eigenvalue weighted by Gasteiger charge is -2.27. The topological polar surface area (TPSA) is 151 Å². The van der Waals surface area contributed by atoms with E-state index in [1.165, 1.54) is 31.4 Å². The second-order valence-corrected chi connectivity index (χ2v) is 6.88. The van der Waals surface area contributed by atoms with Crippen LogP contribution in [0.3, 0.4) is 0 Å². The van der Waals surface area contributed by atoms with E-state index in [2.05, 4.69) is 5.32 Å². The number of rotatable bonds is 11. The van der Waals surface area contributed by atoms with Crippen LogP contribution in [-0.2, 0) is 23.9 Å². The minimum atomic E-state index is -1.30. The molecular weight excluding hydrogens is 418 g/mol. The van der Waals surface area contributed by atoms with Gasteiger partial charge in [0, 0.05) is 25.2 Å². The number of methoxy groups -OCH3 is 1. The summed E-state index contributed by atoms with van der Waals surface area (Å²) in [6, 6.07) is 12.7. The fourth-order valence-corrected chi connectivity index (χ4v) is 3.29. The third kappa shape index (κ3) is 6.35. The van der Waals surface area contributed by atoms with E-state index >= 15 is 0 Å². The molecule has 2 aromatic rings. The monoisotopic (exact) mass is 443 g/mol. The van der Waals surface area contributed by atoms with E-state index in [1.807, 2.05) is 0 Å². The molecule has 0 aliphatic rings. The number of carbonyl (C=O) groups is 3. The highest BCUT2D eigenvalue weighted by Gasteiger charge is 2.34. The van der Waals surface area contributed by atoms with Crippen molar-refractivity contribution in [1.82, 2.24) is 5.32 Å². The predicted molar refractivity (Wildman–Crippen MR) is 114 cm³/mol. The molecular formula is C22H25N3O7. The maximum absolute atomic E-state index is 12.9. The van der Waals surface area contributed by atoms with Crippen molar-refractivity contribution in [2.24, 2.45) is 5.73 Å². The first-order valence-electron chi connectivity index (χ1n) is 9.85. The van der Waals surface area contributed by atoms with Gasteiger partial charge >= 0.3 is 5.97 Å². The van der Waals surface area contributed by atoms with Gasteiger partial charge < -0.3 is 20.5 Å². The summed E-state index contributed by atoms with van der Waals surface area (Å²) >= 11 is 0. The smallest absolute Gasteiger partial charge is 0.306 e. The molecule has 3 atom stereocenters. The second kappa shape index (κ2) is 11.6. The number of nitrogens with two attached hydrogens (primary N) is 1. The lowest BCUT2D eigenvalue weighted by Crippen LogP contribution is -2.50. The first-order chi connectivity index (χ1) is 15.3. The molecule has 10 nitrogen and oxygen atoms in total. The molecule has 170 valence electrons. The summed E-state index contributed by atoms with van der Waals surface area (Å²) in [6.07, 6.45) is -1.29. The number of nitro groups is 1.